The lowest BCUT2D eigenvalue weighted by molar-refractivity contribution is 0.0912. The third kappa shape index (κ3) is 5.97. The Kier molecular flexibility index (Phi) is 6.91. The molecule has 0 saturated heterocycles. The van der Waals surface area contributed by atoms with Gasteiger partial charge in [0.05, 0.1) is 6.33 Å². The summed E-state index contributed by atoms with van der Waals surface area (Å²) in [6.45, 7) is 9.54. The fourth-order valence-corrected chi connectivity index (χ4v) is 1.76. The van der Waals surface area contributed by atoms with Crippen LogP contribution < -0.4 is 10.6 Å². The number of nitrogens with one attached hydrogen (secondary N) is 3. The number of hydrogen-bond acceptors (Lipinski definition) is 3. The summed E-state index contributed by atoms with van der Waals surface area (Å²) in [7, 11) is 0. The maximum Gasteiger partial charge on any atom is 0.272 e. The maximum absolute atomic E-state index is 12.0. The van der Waals surface area contributed by atoms with Crippen LogP contribution in [-0.2, 0) is 0 Å². The number of aromatic nitrogens is 2. The fraction of sp³-hybridized carbons (Fsp3) is 0.667. The van der Waals surface area contributed by atoms with Crippen LogP contribution in [0.15, 0.2) is 6.33 Å². The van der Waals surface area contributed by atoms with Gasteiger partial charge in [0.15, 0.2) is 5.69 Å². The van der Waals surface area contributed by atoms with Gasteiger partial charge in [0.1, 0.15) is 5.69 Å². The molecule has 6 nitrogen and oxygen atoms in total. The van der Waals surface area contributed by atoms with Gasteiger partial charge in [0, 0.05) is 13.1 Å². The van der Waals surface area contributed by atoms with Crippen LogP contribution in [0, 0.1) is 11.8 Å². The van der Waals surface area contributed by atoms with E-state index in [1.54, 1.807) is 0 Å². The lowest BCUT2D eigenvalue weighted by Crippen LogP contribution is -2.31. The number of imidazole rings is 1. The van der Waals surface area contributed by atoms with E-state index in [-0.39, 0.29) is 23.2 Å². The predicted octanol–water partition coefficient (Wildman–Crippen LogP) is 1.96. The zero-order valence-corrected chi connectivity index (χ0v) is 13.3. The van der Waals surface area contributed by atoms with Crippen LogP contribution in [0.4, 0.5) is 0 Å². The summed E-state index contributed by atoms with van der Waals surface area (Å²) in [4.78, 5) is 30.7. The number of hydrogen-bond donors (Lipinski definition) is 3. The molecule has 0 bridgehead atoms. The number of carbonyl (C=O) groups is 2. The third-order valence-electron chi connectivity index (χ3n) is 3.10. The van der Waals surface area contributed by atoms with Crippen LogP contribution >= 0.6 is 0 Å². The highest BCUT2D eigenvalue weighted by molar-refractivity contribution is 6.04. The zero-order chi connectivity index (χ0) is 15.8. The zero-order valence-electron chi connectivity index (χ0n) is 13.3. The molecule has 2 amide bonds. The van der Waals surface area contributed by atoms with E-state index in [1.165, 1.54) is 6.33 Å². The van der Waals surface area contributed by atoms with Gasteiger partial charge in [-0.15, -0.1) is 0 Å². The van der Waals surface area contributed by atoms with Gasteiger partial charge in [-0.2, -0.15) is 0 Å². The summed E-state index contributed by atoms with van der Waals surface area (Å²) < 4.78 is 0. The number of rotatable bonds is 8. The summed E-state index contributed by atoms with van der Waals surface area (Å²) in [5, 5.41) is 5.58. The first-order valence-electron chi connectivity index (χ1n) is 7.51. The fourth-order valence-electron chi connectivity index (χ4n) is 1.76. The van der Waals surface area contributed by atoms with E-state index in [4.69, 9.17) is 0 Å². The van der Waals surface area contributed by atoms with Gasteiger partial charge in [-0.25, -0.2) is 4.98 Å². The van der Waals surface area contributed by atoms with E-state index >= 15 is 0 Å². The van der Waals surface area contributed by atoms with Crippen molar-refractivity contribution in [2.75, 3.05) is 13.1 Å². The molecule has 0 spiro atoms. The molecule has 1 aromatic rings. The molecular weight excluding hydrogens is 268 g/mol. The Morgan fingerprint density at radius 1 is 1.05 bits per heavy atom. The highest BCUT2D eigenvalue weighted by Crippen LogP contribution is 2.04. The first-order valence-corrected chi connectivity index (χ1v) is 7.51. The molecule has 0 fully saturated rings. The second kappa shape index (κ2) is 8.44. The largest absolute Gasteiger partial charge is 0.351 e. The van der Waals surface area contributed by atoms with Crippen LogP contribution in [-0.4, -0.2) is 34.9 Å². The molecule has 6 heteroatoms. The quantitative estimate of drug-likeness (QED) is 0.685. The van der Waals surface area contributed by atoms with Gasteiger partial charge in [-0.1, -0.05) is 27.7 Å². The molecule has 0 radical (unpaired) electrons. The minimum Gasteiger partial charge on any atom is -0.351 e. The van der Waals surface area contributed by atoms with Gasteiger partial charge in [-0.05, 0) is 24.7 Å². The SMILES string of the molecule is CC(C)CCNC(=O)c1nc[nH]c1C(=O)NCCC(C)C. The molecule has 1 rings (SSSR count). The third-order valence-corrected chi connectivity index (χ3v) is 3.10. The Balaban J connectivity index is 2.55. The van der Waals surface area contributed by atoms with Crippen molar-refractivity contribution in [1.82, 2.24) is 20.6 Å². The molecule has 0 aliphatic rings. The standard InChI is InChI=1S/C15H26N4O2/c1-10(2)5-7-16-14(20)12-13(19-9-18-12)15(21)17-8-6-11(3)4/h9-11H,5-8H2,1-4H3,(H,16,20)(H,17,21)(H,18,19). The van der Waals surface area contributed by atoms with Crippen LogP contribution in [0.2, 0.25) is 0 Å². The molecule has 21 heavy (non-hydrogen) atoms. The smallest absolute Gasteiger partial charge is 0.272 e. The van der Waals surface area contributed by atoms with Gasteiger partial charge >= 0.3 is 0 Å². The Morgan fingerprint density at radius 2 is 1.57 bits per heavy atom. The van der Waals surface area contributed by atoms with E-state index in [0.717, 1.165) is 12.8 Å². The van der Waals surface area contributed by atoms with Gasteiger partial charge in [0.25, 0.3) is 11.8 Å². The molecule has 1 aromatic heterocycles. The summed E-state index contributed by atoms with van der Waals surface area (Å²) in [6, 6.07) is 0. The summed E-state index contributed by atoms with van der Waals surface area (Å²) in [5.74, 6) is 0.433. The molecule has 0 aliphatic carbocycles. The van der Waals surface area contributed by atoms with Crippen molar-refractivity contribution >= 4 is 11.8 Å². The first kappa shape index (κ1) is 17.2. The van der Waals surface area contributed by atoms with Crippen molar-refractivity contribution < 1.29 is 9.59 Å². The van der Waals surface area contributed by atoms with E-state index < -0.39 is 0 Å². The van der Waals surface area contributed by atoms with E-state index in [9.17, 15) is 9.59 Å². The maximum atomic E-state index is 12.0. The van der Waals surface area contributed by atoms with Gasteiger partial charge < -0.3 is 15.6 Å². The van der Waals surface area contributed by atoms with Crippen molar-refractivity contribution in [3.8, 4) is 0 Å². The second-order valence-corrected chi connectivity index (χ2v) is 6.00. The molecule has 0 atom stereocenters. The number of amides is 2. The lowest BCUT2D eigenvalue weighted by atomic mass is 10.1. The Labute approximate surface area is 126 Å². The molecular formula is C15H26N4O2. The topological polar surface area (TPSA) is 86.9 Å². The monoisotopic (exact) mass is 294 g/mol. The average Bonchev–Trinajstić information content (AvgIpc) is 2.86. The molecule has 0 unspecified atom stereocenters. The number of aromatic amines is 1. The van der Waals surface area contributed by atoms with E-state index in [2.05, 4.69) is 48.3 Å². The molecule has 118 valence electrons. The van der Waals surface area contributed by atoms with Crippen LogP contribution in [0.1, 0.15) is 61.5 Å². The Hall–Kier alpha value is -1.85. The molecule has 0 aliphatic heterocycles. The van der Waals surface area contributed by atoms with Gasteiger partial charge in [0.2, 0.25) is 0 Å². The van der Waals surface area contributed by atoms with Crippen molar-refractivity contribution in [3.05, 3.63) is 17.7 Å². The molecule has 3 N–H and O–H groups in total. The summed E-state index contributed by atoms with van der Waals surface area (Å²) in [6.07, 6.45) is 3.16. The minimum absolute atomic E-state index is 0.154. The van der Waals surface area contributed by atoms with Crippen molar-refractivity contribution in [2.45, 2.75) is 40.5 Å². The van der Waals surface area contributed by atoms with Gasteiger partial charge in [-0.3, -0.25) is 9.59 Å². The van der Waals surface area contributed by atoms with Crippen LogP contribution in [0.5, 0.6) is 0 Å². The highest BCUT2D eigenvalue weighted by Gasteiger charge is 2.19. The van der Waals surface area contributed by atoms with Crippen LogP contribution in [0.25, 0.3) is 0 Å². The Morgan fingerprint density at radius 3 is 2.10 bits per heavy atom. The van der Waals surface area contributed by atoms with Crippen LogP contribution in [0.3, 0.4) is 0 Å². The van der Waals surface area contributed by atoms with Crippen molar-refractivity contribution in [3.63, 3.8) is 0 Å². The highest BCUT2D eigenvalue weighted by atomic mass is 16.2. The molecule has 0 saturated carbocycles. The predicted molar refractivity (Wildman–Crippen MR) is 82.2 cm³/mol. The summed E-state index contributed by atoms with van der Waals surface area (Å²) in [5.41, 5.74) is 0.376. The molecule has 1 heterocycles. The normalized spacial score (nSPS) is 11.0. The minimum atomic E-state index is -0.314. The summed E-state index contributed by atoms with van der Waals surface area (Å²) >= 11 is 0. The first-order chi connectivity index (χ1) is 9.91. The molecule has 0 aromatic carbocycles. The van der Waals surface area contributed by atoms with Crippen molar-refractivity contribution in [2.24, 2.45) is 11.8 Å². The number of nitrogens with zero attached hydrogens (tertiary/aromatic N) is 1. The lowest BCUT2D eigenvalue weighted by Gasteiger charge is -2.08. The second-order valence-electron chi connectivity index (χ2n) is 6.00. The van der Waals surface area contributed by atoms with E-state index in [0.29, 0.717) is 24.9 Å². The Bertz CT molecular complexity index is 425. The van der Waals surface area contributed by atoms with E-state index in [1.807, 2.05) is 0 Å². The number of H-pyrrole nitrogens is 1. The average molecular weight is 294 g/mol. The van der Waals surface area contributed by atoms with Crippen molar-refractivity contribution in [1.29, 1.82) is 0 Å². The number of carbonyl (C=O) groups excluding carboxylic acids is 2.